The largest absolute Gasteiger partial charge is 0.508 e. The summed E-state index contributed by atoms with van der Waals surface area (Å²) in [6.07, 6.45) is 5.14. The van der Waals surface area contributed by atoms with Crippen LogP contribution in [-0.4, -0.2) is 48.9 Å². The Morgan fingerprint density at radius 2 is 2.00 bits per heavy atom. The number of allylic oxidation sites excluding steroid dienone is 2. The molecule has 2 aromatic heterocycles. The van der Waals surface area contributed by atoms with E-state index in [1.54, 1.807) is 35.0 Å². The van der Waals surface area contributed by atoms with Gasteiger partial charge in [0.05, 0.1) is 16.4 Å². The highest BCUT2D eigenvalue weighted by Crippen LogP contribution is 2.30. The molecule has 3 aromatic rings. The molecule has 0 spiro atoms. The number of aliphatic hydroxyl groups excluding tert-OH is 2. The lowest BCUT2D eigenvalue weighted by Gasteiger charge is -2.12. The monoisotopic (exact) mass is 499 g/mol. The van der Waals surface area contributed by atoms with Gasteiger partial charge >= 0.3 is 0 Å². The quantitative estimate of drug-likeness (QED) is 0.171. The second-order valence-electron chi connectivity index (χ2n) is 6.65. The Bertz CT molecular complexity index is 1200. The van der Waals surface area contributed by atoms with Gasteiger partial charge in [-0.1, -0.05) is 18.7 Å². The van der Waals surface area contributed by atoms with Gasteiger partial charge < -0.3 is 26.0 Å². The molecule has 1 amide bonds. The van der Waals surface area contributed by atoms with Crippen molar-refractivity contribution >= 4 is 33.3 Å². The van der Waals surface area contributed by atoms with Crippen LogP contribution < -0.4 is 10.6 Å². The van der Waals surface area contributed by atoms with Crippen LogP contribution in [0.2, 0.25) is 0 Å². The Labute approximate surface area is 192 Å². The molecule has 0 unspecified atom stereocenters. The molecule has 5 N–H and O–H groups in total. The van der Waals surface area contributed by atoms with Gasteiger partial charge in [0.25, 0.3) is 0 Å². The van der Waals surface area contributed by atoms with E-state index in [4.69, 9.17) is 0 Å². The Kier molecular flexibility index (Phi) is 7.50. The van der Waals surface area contributed by atoms with E-state index >= 15 is 0 Å². The molecule has 0 atom stereocenters. The molecule has 0 radical (unpaired) electrons. The second kappa shape index (κ2) is 10.5. The molecule has 1 aromatic carbocycles. The second-order valence-corrected chi connectivity index (χ2v) is 7.51. The first-order valence-corrected chi connectivity index (χ1v) is 10.4. The van der Waals surface area contributed by atoms with Gasteiger partial charge in [-0.05, 0) is 40.2 Å². The topological polar surface area (TPSA) is 132 Å². The van der Waals surface area contributed by atoms with Gasteiger partial charge in [-0.2, -0.15) is 9.61 Å². The number of benzene rings is 1. The zero-order valence-electron chi connectivity index (χ0n) is 17.0. The number of nitrogens with zero attached hydrogens (tertiary/aromatic N) is 3. The number of hydrogen-bond donors (Lipinski definition) is 5. The Balaban J connectivity index is 1.65. The highest BCUT2D eigenvalue weighted by atomic mass is 79.9. The lowest BCUT2D eigenvalue weighted by molar-refractivity contribution is -0.120. The lowest BCUT2D eigenvalue weighted by atomic mass is 10.1. The number of phenols is 1. The van der Waals surface area contributed by atoms with E-state index in [9.17, 15) is 20.1 Å². The Hall–Kier alpha value is -3.79. The number of aromatic nitrogens is 3. The molecule has 3 rings (SSSR count). The fourth-order valence-electron chi connectivity index (χ4n) is 2.82. The molecule has 32 heavy (non-hydrogen) atoms. The standard InChI is InChI=1S/C22H22BrN5O4/c1-2-14(29)11-15(30)7-8-21(32)25-10-9-24-20-12-18(16-5-3-4-6-19(16)31)27-22-17(23)13-26-28(20)22/h2-7,11-13,24,29-31H,1,8-10H2,(H,25,32)/b14-11+,15-7+. The van der Waals surface area contributed by atoms with Crippen molar-refractivity contribution in [3.05, 3.63) is 77.3 Å². The van der Waals surface area contributed by atoms with Gasteiger partial charge in [-0.3, -0.25) is 4.79 Å². The molecule has 0 bridgehead atoms. The number of rotatable bonds is 9. The van der Waals surface area contributed by atoms with Crippen molar-refractivity contribution in [3.8, 4) is 17.0 Å². The first-order valence-electron chi connectivity index (χ1n) is 9.64. The van der Waals surface area contributed by atoms with E-state index < -0.39 is 0 Å². The number of nitrogens with one attached hydrogen (secondary N) is 2. The van der Waals surface area contributed by atoms with Crippen molar-refractivity contribution in [3.63, 3.8) is 0 Å². The van der Waals surface area contributed by atoms with Gasteiger partial charge in [0.2, 0.25) is 5.91 Å². The first-order chi connectivity index (χ1) is 15.4. The van der Waals surface area contributed by atoms with E-state index in [0.717, 1.165) is 6.08 Å². The third kappa shape index (κ3) is 5.67. The first kappa shape index (κ1) is 22.9. The highest BCUT2D eigenvalue weighted by Gasteiger charge is 2.13. The number of carbonyl (C=O) groups excluding carboxylic acids is 1. The van der Waals surface area contributed by atoms with Crippen molar-refractivity contribution < 1.29 is 20.1 Å². The predicted octanol–water partition coefficient (Wildman–Crippen LogP) is 3.85. The maximum Gasteiger partial charge on any atom is 0.224 e. The SMILES string of the molecule is C=C/C(O)=C\C(O)=C/CC(=O)NCCNc1cc(-c2ccccc2O)nc2c(Br)cnn12. The minimum Gasteiger partial charge on any atom is -0.508 e. The molecule has 0 aliphatic carbocycles. The number of halogens is 1. The van der Waals surface area contributed by atoms with E-state index in [1.165, 1.54) is 12.2 Å². The molecule has 0 saturated carbocycles. The minimum absolute atomic E-state index is 0.0458. The summed E-state index contributed by atoms with van der Waals surface area (Å²) in [5.74, 6) is 0.0410. The Morgan fingerprint density at radius 1 is 1.22 bits per heavy atom. The zero-order chi connectivity index (χ0) is 23.1. The van der Waals surface area contributed by atoms with Gasteiger partial charge in [-0.15, -0.1) is 0 Å². The van der Waals surface area contributed by atoms with E-state index in [1.807, 2.05) is 6.07 Å². The van der Waals surface area contributed by atoms with Gasteiger partial charge in [0.15, 0.2) is 5.65 Å². The van der Waals surface area contributed by atoms with Gasteiger partial charge in [0.1, 0.15) is 23.1 Å². The molecule has 0 fully saturated rings. The average molecular weight is 500 g/mol. The molecule has 10 heteroatoms. The summed E-state index contributed by atoms with van der Waals surface area (Å²) < 4.78 is 2.32. The van der Waals surface area contributed by atoms with Crippen molar-refractivity contribution in [2.24, 2.45) is 0 Å². The molecular formula is C22H22BrN5O4. The van der Waals surface area contributed by atoms with Crippen LogP contribution in [0, 0.1) is 0 Å². The molecule has 2 heterocycles. The summed E-state index contributed by atoms with van der Waals surface area (Å²) in [6.45, 7) is 4.08. The fraction of sp³-hybridized carbons (Fsp3) is 0.136. The summed E-state index contributed by atoms with van der Waals surface area (Å²) in [5.41, 5.74) is 1.73. The van der Waals surface area contributed by atoms with E-state index in [-0.39, 0.29) is 29.6 Å². The third-order valence-electron chi connectivity index (χ3n) is 4.36. The van der Waals surface area contributed by atoms with Crippen molar-refractivity contribution in [1.29, 1.82) is 0 Å². The van der Waals surface area contributed by atoms with E-state index in [0.29, 0.717) is 40.3 Å². The number of hydrogen-bond acceptors (Lipinski definition) is 7. The molecule has 0 aliphatic rings. The number of anilines is 1. The highest BCUT2D eigenvalue weighted by molar-refractivity contribution is 9.10. The number of amides is 1. The lowest BCUT2D eigenvalue weighted by Crippen LogP contribution is -2.28. The number of fused-ring (bicyclic) bond motifs is 1. The van der Waals surface area contributed by atoms with Crippen LogP contribution in [0.4, 0.5) is 5.82 Å². The van der Waals surface area contributed by atoms with Gasteiger partial charge in [0, 0.05) is 37.2 Å². The number of carbonyl (C=O) groups is 1. The number of phenolic OH excluding ortho intramolecular Hbond substituents is 1. The summed E-state index contributed by atoms with van der Waals surface area (Å²) in [7, 11) is 0. The van der Waals surface area contributed by atoms with Crippen molar-refractivity contribution in [1.82, 2.24) is 19.9 Å². The van der Waals surface area contributed by atoms with Crippen LogP contribution in [0.25, 0.3) is 16.9 Å². The maximum absolute atomic E-state index is 11.9. The third-order valence-corrected chi connectivity index (χ3v) is 4.92. The van der Waals surface area contributed by atoms with Crippen molar-refractivity contribution in [2.45, 2.75) is 6.42 Å². The summed E-state index contributed by atoms with van der Waals surface area (Å²) in [6, 6.07) is 8.69. The van der Waals surface area contributed by atoms with E-state index in [2.05, 4.69) is 43.2 Å². The Morgan fingerprint density at radius 3 is 2.75 bits per heavy atom. The summed E-state index contributed by atoms with van der Waals surface area (Å²) in [4.78, 5) is 16.5. The zero-order valence-corrected chi connectivity index (χ0v) is 18.6. The number of aromatic hydroxyl groups is 1. The van der Waals surface area contributed by atoms with Crippen LogP contribution in [-0.2, 0) is 4.79 Å². The van der Waals surface area contributed by atoms with Crippen LogP contribution >= 0.6 is 15.9 Å². The summed E-state index contributed by atoms with van der Waals surface area (Å²) in [5, 5.41) is 39.3. The van der Waals surface area contributed by atoms with Crippen molar-refractivity contribution in [2.75, 3.05) is 18.4 Å². The predicted molar refractivity (Wildman–Crippen MR) is 126 cm³/mol. The number of para-hydroxylation sites is 1. The summed E-state index contributed by atoms with van der Waals surface area (Å²) >= 11 is 3.43. The molecular weight excluding hydrogens is 478 g/mol. The van der Waals surface area contributed by atoms with Crippen LogP contribution in [0.15, 0.2) is 77.3 Å². The number of aliphatic hydroxyl groups is 2. The van der Waals surface area contributed by atoms with Gasteiger partial charge in [-0.25, -0.2) is 4.98 Å². The van der Waals surface area contributed by atoms with Crippen LogP contribution in [0.5, 0.6) is 5.75 Å². The van der Waals surface area contributed by atoms with Crippen LogP contribution in [0.3, 0.4) is 0 Å². The molecule has 166 valence electrons. The molecule has 0 saturated heterocycles. The minimum atomic E-state index is -0.290. The maximum atomic E-state index is 11.9. The molecule has 9 nitrogen and oxygen atoms in total. The smallest absolute Gasteiger partial charge is 0.224 e. The fourth-order valence-corrected chi connectivity index (χ4v) is 3.17. The molecule has 0 aliphatic heterocycles. The normalized spacial score (nSPS) is 12.0. The van der Waals surface area contributed by atoms with Crippen LogP contribution in [0.1, 0.15) is 6.42 Å². The average Bonchev–Trinajstić information content (AvgIpc) is 3.16.